The first-order valence-corrected chi connectivity index (χ1v) is 12.1. The Balaban J connectivity index is 1.62. The number of amidine groups is 1. The van der Waals surface area contributed by atoms with Gasteiger partial charge in [0, 0.05) is 25.7 Å². The highest BCUT2D eigenvalue weighted by atomic mass is 32.2. The summed E-state index contributed by atoms with van der Waals surface area (Å²) in [7, 11) is -2.06. The van der Waals surface area contributed by atoms with E-state index >= 15 is 0 Å². The lowest BCUT2D eigenvalue weighted by molar-refractivity contribution is -0.118. The van der Waals surface area contributed by atoms with Gasteiger partial charge < -0.3 is 20.7 Å². The molecule has 1 aliphatic rings. The number of carbonyl (C=O) groups is 2. The van der Waals surface area contributed by atoms with Crippen LogP contribution in [-0.4, -0.2) is 51.2 Å². The molecule has 176 valence electrons. The number of amides is 2. The van der Waals surface area contributed by atoms with Gasteiger partial charge in [0.1, 0.15) is 11.6 Å². The molecule has 0 aliphatic carbocycles. The zero-order chi connectivity index (χ0) is 23.8. The van der Waals surface area contributed by atoms with Gasteiger partial charge in [-0.05, 0) is 48.7 Å². The van der Waals surface area contributed by atoms with E-state index in [2.05, 4.69) is 9.71 Å². The SMILES string of the molecule is CN1CCCCC/C1=N\S(=O)(=O)c1cccc(NC(=O)COc2ccc(CC(N)=O)cc2)c1. The van der Waals surface area contributed by atoms with Crippen molar-refractivity contribution in [3.63, 3.8) is 0 Å². The standard InChI is InChI=1S/C23H28N4O5S/c1-27-13-4-2-3-8-22(27)26-33(30,31)20-7-5-6-18(15-20)25-23(29)16-32-19-11-9-17(10-12-19)14-21(24)28/h5-7,9-12,15H,2-4,8,13-14,16H2,1H3,(H2,24,28)(H,25,29)/b26-22+. The molecule has 2 aromatic rings. The van der Waals surface area contributed by atoms with Gasteiger partial charge in [0.15, 0.2) is 6.61 Å². The number of carbonyl (C=O) groups excluding carboxylic acids is 2. The van der Waals surface area contributed by atoms with Gasteiger partial charge in [0.2, 0.25) is 5.91 Å². The van der Waals surface area contributed by atoms with Crippen LogP contribution in [-0.2, 0) is 26.0 Å². The molecule has 1 fully saturated rings. The summed E-state index contributed by atoms with van der Waals surface area (Å²) in [5.41, 5.74) is 6.24. The van der Waals surface area contributed by atoms with Gasteiger partial charge >= 0.3 is 0 Å². The highest BCUT2D eigenvalue weighted by Crippen LogP contribution is 2.20. The summed E-state index contributed by atoms with van der Waals surface area (Å²) >= 11 is 0. The van der Waals surface area contributed by atoms with E-state index in [9.17, 15) is 18.0 Å². The summed E-state index contributed by atoms with van der Waals surface area (Å²) in [5.74, 6) is 0.135. The number of rotatable bonds is 8. The second-order valence-corrected chi connectivity index (χ2v) is 9.47. The molecular formula is C23H28N4O5S. The monoisotopic (exact) mass is 472 g/mol. The minimum atomic E-state index is -3.90. The average molecular weight is 473 g/mol. The summed E-state index contributed by atoms with van der Waals surface area (Å²) < 4.78 is 35.1. The third kappa shape index (κ3) is 7.31. The van der Waals surface area contributed by atoms with Crippen LogP contribution in [0.4, 0.5) is 5.69 Å². The van der Waals surface area contributed by atoms with E-state index in [1.807, 2.05) is 11.9 Å². The average Bonchev–Trinajstić information content (AvgIpc) is 2.97. The normalized spacial score (nSPS) is 15.7. The maximum Gasteiger partial charge on any atom is 0.284 e. The fourth-order valence-corrected chi connectivity index (χ4v) is 4.56. The summed E-state index contributed by atoms with van der Waals surface area (Å²) in [6.07, 6.45) is 3.71. The molecule has 2 aromatic carbocycles. The van der Waals surface area contributed by atoms with Crippen LogP contribution in [0.2, 0.25) is 0 Å². The van der Waals surface area contributed by atoms with Crippen molar-refractivity contribution in [1.82, 2.24) is 4.90 Å². The Morgan fingerprint density at radius 1 is 1.12 bits per heavy atom. The molecule has 0 aromatic heterocycles. The lowest BCUT2D eigenvalue weighted by atomic mass is 10.1. The largest absolute Gasteiger partial charge is 0.484 e. The van der Waals surface area contributed by atoms with Gasteiger partial charge in [-0.15, -0.1) is 4.40 Å². The molecule has 0 unspecified atom stereocenters. The van der Waals surface area contributed by atoms with E-state index in [4.69, 9.17) is 10.5 Å². The Kier molecular flexibility index (Phi) is 8.05. The van der Waals surface area contributed by atoms with Crippen LogP contribution in [0.5, 0.6) is 5.75 Å². The number of ether oxygens (including phenoxy) is 1. The van der Waals surface area contributed by atoms with Gasteiger partial charge in [0.05, 0.1) is 11.3 Å². The molecule has 2 amide bonds. The molecule has 0 atom stereocenters. The maximum absolute atomic E-state index is 12.8. The fourth-order valence-electron chi connectivity index (χ4n) is 3.42. The predicted octanol–water partition coefficient (Wildman–Crippen LogP) is 2.32. The summed E-state index contributed by atoms with van der Waals surface area (Å²) in [6, 6.07) is 12.7. The fraction of sp³-hybridized carbons (Fsp3) is 0.348. The Morgan fingerprint density at radius 3 is 2.61 bits per heavy atom. The molecule has 1 saturated heterocycles. The van der Waals surface area contributed by atoms with Crippen molar-refractivity contribution in [3.05, 3.63) is 54.1 Å². The first-order chi connectivity index (χ1) is 15.7. The van der Waals surface area contributed by atoms with E-state index in [-0.39, 0.29) is 17.9 Å². The number of nitrogens with two attached hydrogens (primary N) is 1. The minimum absolute atomic E-state index is 0.0106. The van der Waals surface area contributed by atoms with Crippen LogP contribution in [0.25, 0.3) is 0 Å². The van der Waals surface area contributed by atoms with E-state index in [1.54, 1.807) is 36.4 Å². The van der Waals surface area contributed by atoms with Crippen molar-refractivity contribution in [2.45, 2.75) is 37.0 Å². The number of nitrogens with zero attached hydrogens (tertiary/aromatic N) is 2. The molecule has 3 N–H and O–H groups in total. The van der Waals surface area contributed by atoms with E-state index in [1.165, 1.54) is 12.1 Å². The predicted molar refractivity (Wildman–Crippen MR) is 126 cm³/mol. The third-order valence-corrected chi connectivity index (χ3v) is 6.45. The Hall–Kier alpha value is -3.40. The van der Waals surface area contributed by atoms with Crippen molar-refractivity contribution >= 4 is 33.4 Å². The van der Waals surface area contributed by atoms with Gasteiger partial charge in [-0.3, -0.25) is 9.59 Å². The van der Waals surface area contributed by atoms with Gasteiger partial charge in [0.25, 0.3) is 15.9 Å². The number of anilines is 1. The smallest absolute Gasteiger partial charge is 0.284 e. The number of hydrogen-bond donors (Lipinski definition) is 2. The number of nitrogens with one attached hydrogen (secondary N) is 1. The Morgan fingerprint density at radius 2 is 1.88 bits per heavy atom. The number of primary amides is 1. The molecule has 9 nitrogen and oxygen atoms in total. The molecule has 1 heterocycles. The highest BCUT2D eigenvalue weighted by Gasteiger charge is 2.19. The van der Waals surface area contributed by atoms with Crippen molar-refractivity contribution in [2.24, 2.45) is 10.1 Å². The minimum Gasteiger partial charge on any atom is -0.484 e. The van der Waals surface area contributed by atoms with E-state index in [0.29, 0.717) is 23.7 Å². The van der Waals surface area contributed by atoms with Crippen LogP contribution in [0.15, 0.2) is 57.8 Å². The van der Waals surface area contributed by atoms with E-state index in [0.717, 1.165) is 31.4 Å². The third-order valence-electron chi connectivity index (χ3n) is 5.15. The summed E-state index contributed by atoms with van der Waals surface area (Å²) in [6.45, 7) is 0.511. The molecule has 0 bridgehead atoms. The Bertz CT molecular complexity index is 1130. The van der Waals surface area contributed by atoms with E-state index < -0.39 is 21.8 Å². The van der Waals surface area contributed by atoms with Gasteiger partial charge in [-0.2, -0.15) is 8.42 Å². The molecule has 0 saturated carbocycles. The number of hydrogen-bond acceptors (Lipinski definition) is 5. The molecule has 0 spiro atoms. The zero-order valence-electron chi connectivity index (χ0n) is 18.5. The van der Waals surface area contributed by atoms with Crippen LogP contribution in [0.3, 0.4) is 0 Å². The number of sulfonamides is 1. The van der Waals surface area contributed by atoms with Crippen molar-refractivity contribution in [2.75, 3.05) is 25.5 Å². The Labute approximate surface area is 193 Å². The van der Waals surface area contributed by atoms with Crippen LogP contribution in [0, 0.1) is 0 Å². The lowest BCUT2D eigenvalue weighted by Crippen LogP contribution is -2.27. The topological polar surface area (TPSA) is 131 Å². The van der Waals surface area contributed by atoms with Gasteiger partial charge in [-0.1, -0.05) is 24.6 Å². The molecule has 3 rings (SSSR count). The summed E-state index contributed by atoms with van der Waals surface area (Å²) in [5, 5.41) is 2.64. The first kappa shape index (κ1) is 24.2. The lowest BCUT2D eigenvalue weighted by Gasteiger charge is -2.17. The van der Waals surface area contributed by atoms with Crippen LogP contribution >= 0.6 is 0 Å². The molecule has 10 heteroatoms. The zero-order valence-corrected chi connectivity index (χ0v) is 19.3. The summed E-state index contributed by atoms with van der Waals surface area (Å²) in [4.78, 5) is 25.1. The quantitative estimate of drug-likeness (QED) is 0.606. The number of benzene rings is 2. The first-order valence-electron chi connectivity index (χ1n) is 10.7. The number of likely N-dealkylation sites (tertiary alicyclic amines) is 1. The van der Waals surface area contributed by atoms with Gasteiger partial charge in [-0.25, -0.2) is 0 Å². The highest BCUT2D eigenvalue weighted by molar-refractivity contribution is 7.90. The van der Waals surface area contributed by atoms with Crippen molar-refractivity contribution < 1.29 is 22.7 Å². The second-order valence-electron chi connectivity index (χ2n) is 7.87. The second kappa shape index (κ2) is 11.0. The molecular weight excluding hydrogens is 444 g/mol. The molecule has 1 aliphatic heterocycles. The van der Waals surface area contributed by atoms with Crippen LogP contribution in [0.1, 0.15) is 31.2 Å². The van der Waals surface area contributed by atoms with Crippen molar-refractivity contribution in [3.8, 4) is 5.75 Å². The van der Waals surface area contributed by atoms with Crippen molar-refractivity contribution in [1.29, 1.82) is 0 Å². The molecule has 0 radical (unpaired) electrons. The molecule has 33 heavy (non-hydrogen) atoms. The van der Waals surface area contributed by atoms with Crippen LogP contribution < -0.4 is 15.8 Å². The maximum atomic E-state index is 12.8.